The number of carbonyl (C=O) groups excluding carboxylic acids is 2. The lowest BCUT2D eigenvalue weighted by Gasteiger charge is -2.05. The molecule has 4 rings (SSSR count). The van der Waals surface area contributed by atoms with Crippen molar-refractivity contribution in [2.45, 2.75) is 20.1 Å². The van der Waals surface area contributed by atoms with Crippen molar-refractivity contribution in [1.29, 1.82) is 0 Å². The molecule has 0 atom stereocenters. The van der Waals surface area contributed by atoms with E-state index < -0.39 is 5.91 Å². The molecule has 2 aromatic heterocycles. The molecule has 0 aliphatic heterocycles. The van der Waals surface area contributed by atoms with Crippen LogP contribution in [0.15, 0.2) is 77.3 Å². The highest BCUT2D eigenvalue weighted by atomic mass is 35.5. The van der Waals surface area contributed by atoms with Crippen LogP contribution in [0.2, 0.25) is 5.02 Å². The Balaban J connectivity index is 1.32. The number of hydrogen-bond donors (Lipinski definition) is 1. The summed E-state index contributed by atoms with van der Waals surface area (Å²) in [4.78, 5) is 23.8. The first-order chi connectivity index (χ1) is 15.5. The summed E-state index contributed by atoms with van der Waals surface area (Å²) in [6.45, 7) is 2.15. The number of anilines is 1. The Kier molecular flexibility index (Phi) is 6.37. The molecule has 32 heavy (non-hydrogen) atoms. The third-order valence-corrected chi connectivity index (χ3v) is 5.07. The van der Waals surface area contributed by atoms with Gasteiger partial charge in [0.15, 0.2) is 17.4 Å². The molecule has 0 saturated carbocycles. The Morgan fingerprint density at radius 2 is 1.84 bits per heavy atom. The third kappa shape index (κ3) is 5.25. The van der Waals surface area contributed by atoms with E-state index in [-0.39, 0.29) is 18.2 Å². The highest BCUT2D eigenvalue weighted by molar-refractivity contribution is 6.31. The zero-order valence-corrected chi connectivity index (χ0v) is 18.0. The number of ketones is 1. The van der Waals surface area contributed by atoms with E-state index in [0.29, 0.717) is 34.5 Å². The predicted molar refractivity (Wildman–Crippen MR) is 120 cm³/mol. The van der Waals surface area contributed by atoms with Gasteiger partial charge in [0.2, 0.25) is 0 Å². The van der Waals surface area contributed by atoms with Gasteiger partial charge in [-0.3, -0.25) is 14.3 Å². The van der Waals surface area contributed by atoms with Crippen LogP contribution in [-0.4, -0.2) is 21.5 Å². The molecule has 8 heteroatoms. The van der Waals surface area contributed by atoms with E-state index in [1.54, 1.807) is 53.3 Å². The van der Waals surface area contributed by atoms with Crippen LogP contribution in [0.5, 0.6) is 5.75 Å². The molecule has 0 unspecified atom stereocenters. The molecule has 0 aliphatic carbocycles. The summed E-state index contributed by atoms with van der Waals surface area (Å²) in [6, 6.07) is 19.3. The van der Waals surface area contributed by atoms with Crippen LogP contribution in [0.1, 0.15) is 39.2 Å². The fraction of sp³-hybridized carbons (Fsp3) is 0.125. The van der Waals surface area contributed by atoms with Crippen molar-refractivity contribution in [2.24, 2.45) is 0 Å². The Hall–Kier alpha value is -3.84. The number of nitrogens with zero attached hydrogens (tertiary/aromatic N) is 2. The van der Waals surface area contributed by atoms with Crippen molar-refractivity contribution in [2.75, 3.05) is 5.32 Å². The Morgan fingerprint density at radius 3 is 2.59 bits per heavy atom. The lowest BCUT2D eigenvalue weighted by Crippen LogP contribution is -2.12. The second-order valence-electron chi connectivity index (χ2n) is 7.08. The highest BCUT2D eigenvalue weighted by Gasteiger charge is 2.14. The van der Waals surface area contributed by atoms with Crippen molar-refractivity contribution < 1.29 is 18.7 Å². The zero-order valence-electron chi connectivity index (χ0n) is 17.2. The lowest BCUT2D eigenvalue weighted by atomic mass is 10.1. The van der Waals surface area contributed by atoms with Gasteiger partial charge in [-0.15, -0.1) is 0 Å². The molecule has 0 fully saturated rings. The SMILES string of the molecule is CC(=O)c1ccc(OCc2ccc(C(=O)Nc3ccn(Cc4ccccc4Cl)n3)o2)cc1. The summed E-state index contributed by atoms with van der Waals surface area (Å²) in [5, 5.41) is 7.72. The number of halogens is 1. The molecule has 2 aromatic carbocycles. The normalized spacial score (nSPS) is 10.7. The van der Waals surface area contributed by atoms with Crippen LogP contribution in [0, 0.1) is 0 Å². The number of carbonyl (C=O) groups is 2. The van der Waals surface area contributed by atoms with Crippen LogP contribution < -0.4 is 10.1 Å². The van der Waals surface area contributed by atoms with Gasteiger partial charge < -0.3 is 14.5 Å². The lowest BCUT2D eigenvalue weighted by molar-refractivity contribution is 0.0990. The maximum Gasteiger partial charge on any atom is 0.292 e. The van der Waals surface area contributed by atoms with Crippen molar-refractivity contribution >= 4 is 29.1 Å². The van der Waals surface area contributed by atoms with Gasteiger partial charge in [-0.25, -0.2) is 0 Å². The Morgan fingerprint density at radius 1 is 1.06 bits per heavy atom. The second-order valence-corrected chi connectivity index (χ2v) is 7.49. The molecular formula is C24H20ClN3O4. The van der Waals surface area contributed by atoms with Gasteiger partial charge in [-0.1, -0.05) is 29.8 Å². The average Bonchev–Trinajstić information content (AvgIpc) is 3.44. The molecule has 4 aromatic rings. The maximum atomic E-state index is 12.5. The smallest absolute Gasteiger partial charge is 0.292 e. The molecule has 1 N–H and O–H groups in total. The molecule has 162 valence electrons. The van der Waals surface area contributed by atoms with Crippen LogP contribution in [0.25, 0.3) is 0 Å². The number of ether oxygens (including phenoxy) is 1. The fourth-order valence-electron chi connectivity index (χ4n) is 3.01. The van der Waals surface area contributed by atoms with Crippen LogP contribution in [0.3, 0.4) is 0 Å². The van der Waals surface area contributed by atoms with E-state index in [4.69, 9.17) is 20.8 Å². The third-order valence-electron chi connectivity index (χ3n) is 4.70. The van der Waals surface area contributed by atoms with Crippen LogP contribution in [0.4, 0.5) is 5.82 Å². The topological polar surface area (TPSA) is 86.4 Å². The molecule has 7 nitrogen and oxygen atoms in total. The quantitative estimate of drug-likeness (QED) is 0.373. The van der Waals surface area contributed by atoms with E-state index in [0.717, 1.165) is 5.56 Å². The first-order valence-corrected chi connectivity index (χ1v) is 10.3. The van der Waals surface area contributed by atoms with Crippen molar-refractivity contribution in [3.8, 4) is 5.75 Å². The Labute approximate surface area is 189 Å². The van der Waals surface area contributed by atoms with E-state index in [1.165, 1.54) is 6.92 Å². The molecule has 1 amide bonds. The number of Topliss-reactive ketones (excluding diaryl/α,β-unsaturated/α-hetero) is 1. The summed E-state index contributed by atoms with van der Waals surface area (Å²) < 4.78 is 12.9. The molecule has 0 saturated heterocycles. The highest BCUT2D eigenvalue weighted by Crippen LogP contribution is 2.18. The summed E-state index contributed by atoms with van der Waals surface area (Å²) in [5.41, 5.74) is 1.55. The van der Waals surface area contributed by atoms with Gasteiger partial charge >= 0.3 is 0 Å². The largest absolute Gasteiger partial charge is 0.486 e. The molecule has 2 heterocycles. The minimum atomic E-state index is -0.412. The van der Waals surface area contributed by atoms with E-state index in [1.807, 2.05) is 24.3 Å². The molecule has 0 bridgehead atoms. The van der Waals surface area contributed by atoms with Gasteiger partial charge in [0.25, 0.3) is 5.91 Å². The van der Waals surface area contributed by atoms with E-state index in [2.05, 4.69) is 10.4 Å². The molecular weight excluding hydrogens is 430 g/mol. The van der Waals surface area contributed by atoms with Gasteiger partial charge in [0, 0.05) is 22.8 Å². The second kappa shape index (κ2) is 9.53. The summed E-state index contributed by atoms with van der Waals surface area (Å²) >= 11 is 6.18. The number of hydrogen-bond acceptors (Lipinski definition) is 5. The summed E-state index contributed by atoms with van der Waals surface area (Å²) in [6.07, 6.45) is 1.76. The molecule has 0 spiro atoms. The average molecular weight is 450 g/mol. The van der Waals surface area contributed by atoms with Gasteiger partial charge in [-0.05, 0) is 55.0 Å². The minimum Gasteiger partial charge on any atom is -0.486 e. The van der Waals surface area contributed by atoms with Crippen molar-refractivity contribution in [3.63, 3.8) is 0 Å². The van der Waals surface area contributed by atoms with E-state index >= 15 is 0 Å². The summed E-state index contributed by atoms with van der Waals surface area (Å²) in [5.74, 6) is 1.23. The number of aromatic nitrogens is 2. The number of amides is 1. The fourth-order valence-corrected chi connectivity index (χ4v) is 3.21. The molecule has 0 aliphatic rings. The van der Waals surface area contributed by atoms with Crippen LogP contribution in [-0.2, 0) is 13.2 Å². The van der Waals surface area contributed by atoms with E-state index in [9.17, 15) is 9.59 Å². The summed E-state index contributed by atoms with van der Waals surface area (Å²) in [7, 11) is 0. The van der Waals surface area contributed by atoms with Crippen LogP contribution >= 0.6 is 11.6 Å². The standard InChI is InChI=1S/C24H20ClN3O4/c1-16(29)17-6-8-19(9-7-17)31-15-20-10-11-22(32-20)24(30)26-23-12-13-28(27-23)14-18-4-2-3-5-21(18)25/h2-13H,14-15H2,1H3,(H,26,27,30). The Bertz CT molecular complexity index is 1240. The van der Waals surface area contributed by atoms with Crippen molar-refractivity contribution in [3.05, 3.63) is 101 Å². The first-order valence-electron chi connectivity index (χ1n) is 9.88. The number of rotatable bonds is 8. The number of furan rings is 1. The number of benzene rings is 2. The monoisotopic (exact) mass is 449 g/mol. The minimum absolute atomic E-state index is 0.00747. The van der Waals surface area contributed by atoms with Gasteiger partial charge in [0.05, 0.1) is 6.54 Å². The van der Waals surface area contributed by atoms with Gasteiger partial charge in [0.1, 0.15) is 18.1 Å². The molecule has 0 radical (unpaired) electrons. The zero-order chi connectivity index (χ0) is 22.5. The predicted octanol–water partition coefficient (Wildman–Crippen LogP) is 5.21. The first kappa shape index (κ1) is 21.4. The van der Waals surface area contributed by atoms with Gasteiger partial charge in [-0.2, -0.15) is 5.10 Å². The van der Waals surface area contributed by atoms with Crippen molar-refractivity contribution in [1.82, 2.24) is 9.78 Å². The maximum absolute atomic E-state index is 12.5. The number of nitrogens with one attached hydrogen (secondary N) is 1.